The first-order chi connectivity index (χ1) is 17.8. The molecule has 10 heteroatoms. The van der Waals surface area contributed by atoms with E-state index in [0.717, 1.165) is 47.4 Å². The van der Waals surface area contributed by atoms with Gasteiger partial charge in [-0.15, -0.1) is 12.4 Å². The Morgan fingerprint density at radius 1 is 1.16 bits per heavy atom. The third kappa shape index (κ3) is 4.28. The number of hydrogen-bond donors (Lipinski definition) is 1. The summed E-state index contributed by atoms with van der Waals surface area (Å²) in [5, 5.41) is 12.9. The standard InChI is InChI=1S/C28H30ClN3O5.ClH/c1-3-28(35)12-25(33)37-15-19-20(28)10-23-26-18(14-32(23)27(19)34)17(13-31-7-5-4-6-8-31)16-9-24(36-2)21(29)11-22(16)30-26;/h9-11,35H,3-8,12-15H2,1-2H3;1H. The van der Waals surface area contributed by atoms with E-state index in [-0.39, 0.29) is 37.4 Å². The predicted molar refractivity (Wildman–Crippen MR) is 147 cm³/mol. The van der Waals surface area contributed by atoms with Gasteiger partial charge in [-0.1, -0.05) is 24.9 Å². The fourth-order valence-corrected chi connectivity index (χ4v) is 6.27. The van der Waals surface area contributed by atoms with Crippen LogP contribution < -0.4 is 10.3 Å². The summed E-state index contributed by atoms with van der Waals surface area (Å²) in [6, 6.07) is 5.60. The lowest BCUT2D eigenvalue weighted by atomic mass is 9.85. The number of halogens is 2. The first kappa shape index (κ1) is 26.9. The van der Waals surface area contributed by atoms with Gasteiger partial charge in [0.25, 0.3) is 5.56 Å². The van der Waals surface area contributed by atoms with Crippen molar-refractivity contribution in [2.24, 2.45) is 0 Å². The Morgan fingerprint density at radius 2 is 1.92 bits per heavy atom. The van der Waals surface area contributed by atoms with Crippen LogP contribution in [-0.4, -0.2) is 45.7 Å². The van der Waals surface area contributed by atoms with Gasteiger partial charge in [-0.2, -0.15) is 0 Å². The summed E-state index contributed by atoms with van der Waals surface area (Å²) in [5.41, 5.74) is 3.28. The van der Waals surface area contributed by atoms with E-state index >= 15 is 0 Å². The van der Waals surface area contributed by atoms with Crippen molar-refractivity contribution >= 4 is 40.9 Å². The number of aromatic nitrogens is 2. The number of ether oxygens (including phenoxy) is 2. The quantitative estimate of drug-likeness (QED) is 0.367. The minimum atomic E-state index is -1.47. The molecule has 1 aromatic carbocycles. The zero-order valence-electron chi connectivity index (χ0n) is 21.5. The van der Waals surface area contributed by atoms with Gasteiger partial charge in [0.05, 0.1) is 47.6 Å². The second-order valence-corrected chi connectivity index (χ2v) is 10.7. The number of likely N-dealkylation sites (tertiary alicyclic amines) is 1. The van der Waals surface area contributed by atoms with E-state index in [9.17, 15) is 14.7 Å². The van der Waals surface area contributed by atoms with E-state index in [1.807, 2.05) is 18.2 Å². The van der Waals surface area contributed by atoms with Crippen molar-refractivity contribution in [2.45, 2.75) is 64.3 Å². The SMILES string of the molecule is CCC1(O)CC(=O)OCc2c1cc1n(c2=O)Cc2c-1nc1cc(Cl)c(OC)cc1c2CN1CCCCC1.Cl. The van der Waals surface area contributed by atoms with Crippen LogP contribution in [0.1, 0.15) is 61.3 Å². The molecule has 2 aromatic heterocycles. The van der Waals surface area contributed by atoms with Crippen LogP contribution in [0.3, 0.4) is 0 Å². The van der Waals surface area contributed by atoms with Crippen molar-refractivity contribution in [3.63, 3.8) is 0 Å². The number of rotatable bonds is 4. The number of pyridine rings is 2. The number of carbonyl (C=O) groups excluding carboxylic acids is 1. The summed E-state index contributed by atoms with van der Waals surface area (Å²) < 4.78 is 12.5. The van der Waals surface area contributed by atoms with Crippen LogP contribution in [0.4, 0.5) is 0 Å². The average Bonchev–Trinajstić information content (AvgIpc) is 3.20. The maximum atomic E-state index is 13.8. The molecule has 202 valence electrons. The summed E-state index contributed by atoms with van der Waals surface area (Å²) >= 11 is 6.50. The normalized spacial score (nSPS) is 20.7. The third-order valence-corrected chi connectivity index (χ3v) is 8.46. The zero-order valence-corrected chi connectivity index (χ0v) is 23.1. The number of methoxy groups -OCH3 is 1. The number of esters is 1. The van der Waals surface area contributed by atoms with Crippen LogP contribution in [0.15, 0.2) is 23.0 Å². The number of hydrogen-bond acceptors (Lipinski definition) is 7. The molecular weight excluding hydrogens is 529 g/mol. The molecule has 1 atom stereocenters. The highest BCUT2D eigenvalue weighted by Crippen LogP contribution is 2.42. The summed E-state index contributed by atoms with van der Waals surface area (Å²) in [6.45, 7) is 4.82. The maximum Gasteiger partial charge on any atom is 0.309 e. The summed E-state index contributed by atoms with van der Waals surface area (Å²) in [7, 11) is 1.60. The Kier molecular flexibility index (Phi) is 7.20. The maximum absolute atomic E-state index is 13.8. The molecule has 8 nitrogen and oxygen atoms in total. The molecule has 0 aliphatic carbocycles. The minimum Gasteiger partial charge on any atom is -0.495 e. The van der Waals surface area contributed by atoms with Crippen LogP contribution in [0.25, 0.3) is 22.3 Å². The zero-order chi connectivity index (χ0) is 25.9. The average molecular weight is 560 g/mol. The van der Waals surface area contributed by atoms with Crippen LogP contribution in [0.5, 0.6) is 5.75 Å². The Morgan fingerprint density at radius 3 is 2.63 bits per heavy atom. The van der Waals surface area contributed by atoms with Crippen LogP contribution in [0.2, 0.25) is 5.02 Å². The van der Waals surface area contributed by atoms with Gasteiger partial charge in [-0.25, -0.2) is 4.98 Å². The Labute approximate surface area is 231 Å². The minimum absolute atomic E-state index is 0. The molecular formula is C28H31Cl2N3O5. The van der Waals surface area contributed by atoms with Gasteiger partial charge < -0.3 is 19.1 Å². The fraction of sp³-hybridized carbons (Fsp3) is 0.464. The molecule has 1 saturated heterocycles. The summed E-state index contributed by atoms with van der Waals surface area (Å²) in [4.78, 5) is 33.4. The molecule has 0 radical (unpaired) electrons. The molecule has 0 saturated carbocycles. The fourth-order valence-electron chi connectivity index (χ4n) is 6.04. The van der Waals surface area contributed by atoms with Crippen molar-refractivity contribution < 1.29 is 19.4 Å². The van der Waals surface area contributed by atoms with E-state index in [2.05, 4.69) is 4.90 Å². The highest BCUT2D eigenvalue weighted by Gasteiger charge is 2.40. The van der Waals surface area contributed by atoms with Crippen LogP contribution in [-0.2, 0) is 34.8 Å². The number of benzene rings is 1. The Bertz CT molecular complexity index is 1500. The summed E-state index contributed by atoms with van der Waals surface area (Å²) in [6.07, 6.45) is 3.67. The van der Waals surface area contributed by atoms with E-state index in [1.165, 1.54) is 19.3 Å². The van der Waals surface area contributed by atoms with Gasteiger partial charge in [0.2, 0.25) is 0 Å². The smallest absolute Gasteiger partial charge is 0.309 e. The lowest BCUT2D eigenvalue weighted by molar-refractivity contribution is -0.149. The second kappa shape index (κ2) is 10.2. The van der Waals surface area contributed by atoms with Crippen molar-refractivity contribution in [3.05, 3.63) is 55.8 Å². The third-order valence-electron chi connectivity index (χ3n) is 8.17. The molecule has 3 aliphatic heterocycles. The second-order valence-electron chi connectivity index (χ2n) is 10.3. The van der Waals surface area contributed by atoms with Crippen LogP contribution in [0, 0.1) is 0 Å². The lowest BCUT2D eigenvalue weighted by Crippen LogP contribution is -2.32. The highest BCUT2D eigenvalue weighted by molar-refractivity contribution is 6.32. The van der Waals surface area contributed by atoms with E-state index < -0.39 is 11.6 Å². The number of carbonyl (C=O) groups is 1. The Balaban J connectivity index is 0.00000294. The van der Waals surface area contributed by atoms with Gasteiger partial charge in [-0.3, -0.25) is 14.5 Å². The first-order valence-electron chi connectivity index (χ1n) is 12.9. The van der Waals surface area contributed by atoms with E-state index in [0.29, 0.717) is 34.1 Å². The van der Waals surface area contributed by atoms with E-state index in [4.69, 9.17) is 26.1 Å². The number of aliphatic hydroxyl groups is 1. The van der Waals surface area contributed by atoms with Crippen molar-refractivity contribution in [1.29, 1.82) is 0 Å². The number of fused-ring (bicyclic) bond motifs is 5. The lowest BCUT2D eigenvalue weighted by Gasteiger charge is -2.28. The molecule has 1 unspecified atom stereocenters. The monoisotopic (exact) mass is 559 g/mol. The van der Waals surface area contributed by atoms with Crippen molar-refractivity contribution in [2.75, 3.05) is 20.2 Å². The molecule has 1 N–H and O–H groups in total. The molecule has 5 heterocycles. The van der Waals surface area contributed by atoms with Gasteiger partial charge in [-0.05, 0) is 61.7 Å². The molecule has 38 heavy (non-hydrogen) atoms. The van der Waals surface area contributed by atoms with E-state index in [1.54, 1.807) is 18.6 Å². The number of nitrogens with zero attached hydrogens (tertiary/aromatic N) is 3. The van der Waals surface area contributed by atoms with Gasteiger partial charge in [0.15, 0.2) is 0 Å². The number of cyclic esters (lactones) is 1. The van der Waals surface area contributed by atoms with Crippen molar-refractivity contribution in [3.8, 4) is 17.1 Å². The highest BCUT2D eigenvalue weighted by atomic mass is 35.5. The largest absolute Gasteiger partial charge is 0.495 e. The molecule has 0 spiro atoms. The van der Waals surface area contributed by atoms with Gasteiger partial charge in [0, 0.05) is 17.5 Å². The van der Waals surface area contributed by atoms with Gasteiger partial charge >= 0.3 is 5.97 Å². The molecule has 0 amide bonds. The molecule has 1 fully saturated rings. The van der Waals surface area contributed by atoms with Crippen molar-refractivity contribution in [1.82, 2.24) is 14.5 Å². The predicted octanol–water partition coefficient (Wildman–Crippen LogP) is 4.54. The molecule has 0 bridgehead atoms. The molecule has 3 aliphatic rings. The first-order valence-corrected chi connectivity index (χ1v) is 13.3. The molecule has 6 rings (SSSR count). The van der Waals surface area contributed by atoms with Crippen LogP contribution >= 0.6 is 24.0 Å². The molecule has 3 aromatic rings. The summed E-state index contributed by atoms with van der Waals surface area (Å²) in [5.74, 6) is 0.0760. The van der Waals surface area contributed by atoms with Gasteiger partial charge in [0.1, 0.15) is 18.0 Å². The number of piperidine rings is 1. The Hall–Kier alpha value is -2.65. The topological polar surface area (TPSA) is 93.9 Å².